The lowest BCUT2D eigenvalue weighted by Crippen LogP contribution is -2.70. The Hall–Kier alpha value is -2.27. The van der Waals surface area contributed by atoms with Crippen LogP contribution >= 0.6 is 11.6 Å². The van der Waals surface area contributed by atoms with E-state index < -0.39 is 95.2 Å². The molecule has 3 aliphatic rings. The summed E-state index contributed by atoms with van der Waals surface area (Å²) in [5.74, 6) is -7.20. The first-order chi connectivity index (χ1) is 18.4. The van der Waals surface area contributed by atoms with Crippen LogP contribution in [0.5, 0.6) is 0 Å². The fourth-order valence-electron chi connectivity index (χ4n) is 5.46. The van der Waals surface area contributed by atoms with Crippen LogP contribution < -0.4 is 10.0 Å². The first-order valence-electron chi connectivity index (χ1n) is 12.0. The number of aliphatic hydroxyl groups excluding tert-OH is 2. The Balaban J connectivity index is 1.51. The van der Waals surface area contributed by atoms with Crippen LogP contribution in [0, 0.1) is 29.3 Å². The number of aliphatic hydroxyl groups is 3. The molecule has 0 aromatic heterocycles. The number of hydrogen-bond acceptors (Lipinski definition) is 8. The maximum absolute atomic E-state index is 13.5. The fraction of sp³-hybridized carbons (Fsp3) is 0.458. The van der Waals surface area contributed by atoms with Crippen molar-refractivity contribution in [3.63, 3.8) is 0 Å². The van der Waals surface area contributed by atoms with E-state index in [1.165, 1.54) is 6.07 Å². The molecule has 0 radical (unpaired) electrons. The highest BCUT2D eigenvalue weighted by Crippen LogP contribution is 2.57. The normalized spacial score (nSPS) is 26.1. The van der Waals surface area contributed by atoms with Gasteiger partial charge in [-0.05, 0) is 49.3 Å². The molecule has 16 heteroatoms. The minimum atomic E-state index is -4.20. The molecule has 5 rings (SSSR count). The van der Waals surface area contributed by atoms with E-state index in [1.807, 2.05) is 4.72 Å². The molecule has 3 saturated carbocycles. The van der Waals surface area contributed by atoms with Gasteiger partial charge in [-0.15, -0.1) is 0 Å². The third-order valence-electron chi connectivity index (χ3n) is 7.55. The second kappa shape index (κ2) is 10.9. The molecule has 5 N–H and O–H groups in total. The molecule has 3 aliphatic carbocycles. The number of hydrogen-bond donors (Lipinski definition) is 5. The first kappa shape index (κ1) is 30.7. The third-order valence-corrected chi connectivity index (χ3v) is 10.9. The number of anilines is 1. The molecule has 0 aliphatic heterocycles. The summed E-state index contributed by atoms with van der Waals surface area (Å²) in [6.45, 7) is -0.550. The number of rotatable bonds is 9. The van der Waals surface area contributed by atoms with Crippen molar-refractivity contribution in [2.45, 2.75) is 47.2 Å². The van der Waals surface area contributed by atoms with Gasteiger partial charge >= 0.3 is 0 Å². The van der Waals surface area contributed by atoms with Gasteiger partial charge in [0.2, 0.25) is 10.0 Å². The molecule has 40 heavy (non-hydrogen) atoms. The Labute approximate surface area is 233 Å². The van der Waals surface area contributed by atoms with Crippen LogP contribution in [-0.2, 0) is 19.9 Å². The Kier molecular flexibility index (Phi) is 8.33. The van der Waals surface area contributed by atoms with Crippen molar-refractivity contribution in [2.24, 2.45) is 11.8 Å². The number of fused-ring (bicyclic) bond motifs is 2. The summed E-state index contributed by atoms with van der Waals surface area (Å²) in [5, 5.41) is 32.9. The third kappa shape index (κ3) is 5.73. The van der Waals surface area contributed by atoms with Crippen molar-refractivity contribution < 1.29 is 50.1 Å². The molecule has 4 atom stereocenters. The highest BCUT2D eigenvalue weighted by atomic mass is 35.5. The Bertz CT molecular complexity index is 1520. The molecule has 3 fully saturated rings. The van der Waals surface area contributed by atoms with Gasteiger partial charge in [-0.3, -0.25) is 4.79 Å². The quantitative estimate of drug-likeness (QED) is 0.261. The van der Waals surface area contributed by atoms with Gasteiger partial charge < -0.3 is 20.6 Å². The minimum absolute atomic E-state index is 0.112. The van der Waals surface area contributed by atoms with E-state index in [4.69, 9.17) is 11.6 Å². The van der Waals surface area contributed by atoms with Gasteiger partial charge in [-0.2, -0.15) is 0 Å². The summed E-state index contributed by atoms with van der Waals surface area (Å²) in [6, 6.07) is 4.45. The summed E-state index contributed by atoms with van der Waals surface area (Å²) in [7, 11) is -7.87. The molecule has 220 valence electrons. The standard InChI is InChI=1S/C24H26ClF3N2O8S2/c1-39(35,36)29-10-19(31)22(32)24(34)12-5-13(24)7-15(6-12)40(37,38)20-4-11(2-3-16(20)25)23(33)30-14-8-17(26)21(28)18(27)9-14/h2-4,8-9,12-13,15,19,22,29,31-32,34H,5-7,10H2,1H3,(H,30,33). The molecular formula is C24H26ClF3N2O8S2. The molecule has 2 bridgehead atoms. The zero-order chi connectivity index (χ0) is 29.8. The first-order valence-corrected chi connectivity index (χ1v) is 15.8. The van der Waals surface area contributed by atoms with E-state index in [0.717, 1.165) is 18.4 Å². The van der Waals surface area contributed by atoms with Gasteiger partial charge in [0.25, 0.3) is 5.91 Å². The van der Waals surface area contributed by atoms with Crippen molar-refractivity contribution in [1.82, 2.24) is 4.72 Å². The second-order valence-corrected chi connectivity index (χ2v) is 14.6. The Morgan fingerprint density at radius 1 is 1.05 bits per heavy atom. The highest BCUT2D eigenvalue weighted by molar-refractivity contribution is 7.92. The molecule has 0 spiro atoms. The lowest BCUT2D eigenvalue weighted by atomic mass is 9.51. The number of benzene rings is 2. The predicted octanol–water partition coefficient (Wildman–Crippen LogP) is 1.58. The van der Waals surface area contributed by atoms with Crippen LogP contribution in [0.2, 0.25) is 5.02 Å². The number of halogens is 4. The molecule has 1 amide bonds. The lowest BCUT2D eigenvalue weighted by Gasteiger charge is -2.60. The van der Waals surface area contributed by atoms with E-state index in [1.54, 1.807) is 0 Å². The van der Waals surface area contributed by atoms with Gasteiger partial charge in [0.05, 0.1) is 33.1 Å². The van der Waals surface area contributed by atoms with E-state index in [9.17, 15) is 50.1 Å². The minimum Gasteiger partial charge on any atom is -0.389 e. The summed E-state index contributed by atoms with van der Waals surface area (Å²) in [4.78, 5) is 12.3. The van der Waals surface area contributed by atoms with Gasteiger partial charge in [-0.1, -0.05) is 11.6 Å². The molecule has 0 saturated heterocycles. The highest BCUT2D eigenvalue weighted by Gasteiger charge is 2.64. The van der Waals surface area contributed by atoms with Gasteiger partial charge in [-0.25, -0.2) is 34.7 Å². The van der Waals surface area contributed by atoms with Crippen LogP contribution in [0.1, 0.15) is 29.6 Å². The van der Waals surface area contributed by atoms with E-state index in [0.29, 0.717) is 18.6 Å². The van der Waals surface area contributed by atoms with Crippen LogP contribution in [0.25, 0.3) is 0 Å². The summed E-state index contributed by atoms with van der Waals surface area (Å²) in [6.07, 6.45) is -2.39. The van der Waals surface area contributed by atoms with E-state index in [2.05, 4.69) is 5.32 Å². The number of sulfonamides is 1. The maximum Gasteiger partial charge on any atom is 0.255 e. The molecule has 2 aromatic rings. The monoisotopic (exact) mass is 626 g/mol. The van der Waals surface area contributed by atoms with Crippen LogP contribution in [0.4, 0.5) is 18.9 Å². The number of nitrogens with one attached hydrogen (secondary N) is 2. The molecule has 4 unspecified atom stereocenters. The average Bonchev–Trinajstić information content (AvgIpc) is 2.88. The largest absolute Gasteiger partial charge is 0.389 e. The Morgan fingerprint density at radius 3 is 2.17 bits per heavy atom. The lowest BCUT2D eigenvalue weighted by molar-refractivity contribution is -0.250. The fourth-order valence-corrected chi connectivity index (χ4v) is 8.34. The van der Waals surface area contributed by atoms with Crippen LogP contribution in [-0.4, -0.2) is 73.9 Å². The number of amides is 1. The maximum atomic E-state index is 13.5. The molecule has 0 heterocycles. The van der Waals surface area contributed by atoms with Crippen molar-refractivity contribution in [1.29, 1.82) is 0 Å². The van der Waals surface area contributed by atoms with Crippen molar-refractivity contribution >= 4 is 43.1 Å². The smallest absolute Gasteiger partial charge is 0.255 e. The SMILES string of the molecule is CS(=O)(=O)NCC(O)C(O)C1(O)C2CC1CC(S(=O)(=O)c1cc(C(=O)Nc3cc(F)c(F)c(F)c3)ccc1Cl)C2. The van der Waals surface area contributed by atoms with Crippen LogP contribution in [0.3, 0.4) is 0 Å². The van der Waals surface area contributed by atoms with E-state index in [-0.39, 0.29) is 23.4 Å². The number of sulfone groups is 1. The molecule has 2 aromatic carbocycles. The average molecular weight is 627 g/mol. The predicted molar refractivity (Wildman–Crippen MR) is 137 cm³/mol. The summed E-state index contributed by atoms with van der Waals surface area (Å²) in [5.41, 5.74) is -2.46. The van der Waals surface area contributed by atoms with E-state index >= 15 is 0 Å². The second-order valence-electron chi connectivity index (χ2n) is 10.1. The number of carbonyl (C=O) groups is 1. The van der Waals surface area contributed by atoms with Gasteiger partial charge in [0, 0.05) is 29.9 Å². The van der Waals surface area contributed by atoms with Crippen molar-refractivity contribution in [3.8, 4) is 0 Å². The zero-order valence-electron chi connectivity index (χ0n) is 20.8. The van der Waals surface area contributed by atoms with Gasteiger partial charge in [0.1, 0.15) is 6.10 Å². The summed E-state index contributed by atoms with van der Waals surface area (Å²) < 4.78 is 91.9. The Morgan fingerprint density at radius 2 is 1.62 bits per heavy atom. The van der Waals surface area contributed by atoms with Crippen LogP contribution in [0.15, 0.2) is 35.2 Å². The van der Waals surface area contributed by atoms with Crippen molar-refractivity contribution in [3.05, 3.63) is 58.4 Å². The topological polar surface area (TPSA) is 170 Å². The van der Waals surface area contributed by atoms with Gasteiger partial charge in [0.15, 0.2) is 27.3 Å². The molecular weight excluding hydrogens is 601 g/mol. The molecule has 10 nitrogen and oxygen atoms in total. The number of carbonyl (C=O) groups excluding carboxylic acids is 1. The zero-order valence-corrected chi connectivity index (χ0v) is 23.2. The summed E-state index contributed by atoms with van der Waals surface area (Å²) >= 11 is 6.16. The van der Waals surface area contributed by atoms with Crippen molar-refractivity contribution in [2.75, 3.05) is 18.1 Å².